The summed E-state index contributed by atoms with van der Waals surface area (Å²) in [5.74, 6) is 1.28. The molecule has 2 aliphatic rings. The predicted molar refractivity (Wildman–Crippen MR) is 108 cm³/mol. The molecule has 140 valence electrons. The number of guanidine groups is 1. The fourth-order valence-corrected chi connectivity index (χ4v) is 3.31. The van der Waals surface area contributed by atoms with Gasteiger partial charge < -0.3 is 20.7 Å². The molecule has 0 aliphatic heterocycles. The zero-order valence-electron chi connectivity index (χ0n) is 15.0. The van der Waals surface area contributed by atoms with Gasteiger partial charge in [0, 0.05) is 46.3 Å². The van der Waals surface area contributed by atoms with E-state index < -0.39 is 0 Å². The molecule has 0 aromatic rings. The fourth-order valence-electron chi connectivity index (χ4n) is 3.31. The second kappa shape index (κ2) is 11.1. The Morgan fingerprint density at radius 3 is 2.42 bits per heavy atom. The number of halogens is 1. The van der Waals surface area contributed by atoms with Crippen molar-refractivity contribution in [1.29, 1.82) is 0 Å². The molecule has 6 nitrogen and oxygen atoms in total. The Balaban J connectivity index is 0.00000288. The van der Waals surface area contributed by atoms with Crippen LogP contribution in [0.25, 0.3) is 0 Å². The number of rotatable bonds is 9. The molecule has 0 spiro atoms. The van der Waals surface area contributed by atoms with Crippen LogP contribution in [0.15, 0.2) is 4.99 Å². The number of methoxy groups -OCH3 is 1. The Hall–Kier alpha value is -0.570. The first kappa shape index (κ1) is 21.5. The molecule has 0 saturated heterocycles. The van der Waals surface area contributed by atoms with E-state index in [0.717, 1.165) is 38.4 Å². The van der Waals surface area contributed by atoms with Crippen LogP contribution in [0.1, 0.15) is 44.9 Å². The Morgan fingerprint density at radius 2 is 1.83 bits per heavy atom. The van der Waals surface area contributed by atoms with E-state index in [9.17, 15) is 4.79 Å². The number of carbonyl (C=O) groups is 1. The van der Waals surface area contributed by atoms with Crippen LogP contribution < -0.4 is 16.0 Å². The van der Waals surface area contributed by atoms with Crippen LogP contribution in [0.5, 0.6) is 0 Å². The number of aliphatic imine (C=N–C) groups is 1. The maximum atomic E-state index is 11.6. The molecule has 2 saturated carbocycles. The number of amides is 1. The number of hydrogen-bond donors (Lipinski definition) is 3. The molecule has 1 amide bonds. The average Bonchev–Trinajstić information content (AvgIpc) is 3.32. The van der Waals surface area contributed by atoms with Crippen molar-refractivity contribution in [2.45, 2.75) is 44.9 Å². The van der Waals surface area contributed by atoms with Gasteiger partial charge in [0.05, 0.1) is 0 Å². The third-order valence-corrected chi connectivity index (χ3v) is 5.02. The molecule has 0 heterocycles. The van der Waals surface area contributed by atoms with Gasteiger partial charge in [0.2, 0.25) is 5.91 Å². The molecule has 7 heteroatoms. The zero-order valence-corrected chi connectivity index (χ0v) is 17.4. The van der Waals surface area contributed by atoms with E-state index in [2.05, 4.69) is 20.9 Å². The molecule has 0 unspecified atom stereocenters. The second-order valence-electron chi connectivity index (χ2n) is 6.87. The molecule has 0 atom stereocenters. The maximum absolute atomic E-state index is 11.6. The lowest BCUT2D eigenvalue weighted by Gasteiger charge is -2.30. The third kappa shape index (κ3) is 7.13. The Labute approximate surface area is 163 Å². The molecule has 2 aliphatic carbocycles. The zero-order chi connectivity index (χ0) is 16.5. The normalized spacial score (nSPS) is 19.5. The fraction of sp³-hybridized carbons (Fsp3) is 0.882. The monoisotopic (exact) mass is 452 g/mol. The quantitative estimate of drug-likeness (QED) is 0.216. The van der Waals surface area contributed by atoms with Gasteiger partial charge in [-0.05, 0) is 37.5 Å². The minimum absolute atomic E-state index is 0. The van der Waals surface area contributed by atoms with E-state index in [1.54, 1.807) is 14.2 Å². The summed E-state index contributed by atoms with van der Waals surface area (Å²) in [5.41, 5.74) is 0.341. The summed E-state index contributed by atoms with van der Waals surface area (Å²) in [5, 5.41) is 9.69. The van der Waals surface area contributed by atoms with E-state index in [-0.39, 0.29) is 35.8 Å². The summed E-state index contributed by atoms with van der Waals surface area (Å²) in [6.07, 6.45) is 8.34. The van der Waals surface area contributed by atoms with E-state index in [4.69, 9.17) is 4.74 Å². The van der Waals surface area contributed by atoms with Gasteiger partial charge in [-0.25, -0.2) is 0 Å². The molecule has 24 heavy (non-hydrogen) atoms. The van der Waals surface area contributed by atoms with E-state index in [0.29, 0.717) is 18.5 Å². The molecule has 2 fully saturated rings. The first-order valence-electron chi connectivity index (χ1n) is 8.90. The number of nitrogens with one attached hydrogen (secondary N) is 3. The van der Waals surface area contributed by atoms with Crippen molar-refractivity contribution >= 4 is 35.8 Å². The highest BCUT2D eigenvalue weighted by Gasteiger charge is 2.33. The summed E-state index contributed by atoms with van der Waals surface area (Å²) in [7, 11) is 3.56. The SMILES string of the molecule is CN=C(NCCNC(=O)C1CC1)NCC1(CCOC)CCCC1.I. The highest BCUT2D eigenvalue weighted by Crippen LogP contribution is 2.40. The molecule has 0 radical (unpaired) electrons. The Bertz CT molecular complexity index is 407. The van der Waals surface area contributed by atoms with Gasteiger partial charge in [-0.3, -0.25) is 9.79 Å². The molecule has 0 bridgehead atoms. The molecular weight excluding hydrogens is 419 g/mol. The van der Waals surface area contributed by atoms with Crippen molar-refractivity contribution in [3.05, 3.63) is 0 Å². The summed E-state index contributed by atoms with van der Waals surface area (Å²) >= 11 is 0. The van der Waals surface area contributed by atoms with Crippen LogP contribution in [-0.2, 0) is 9.53 Å². The van der Waals surface area contributed by atoms with Gasteiger partial charge in [-0.1, -0.05) is 12.8 Å². The van der Waals surface area contributed by atoms with E-state index in [1.165, 1.54) is 25.7 Å². The summed E-state index contributed by atoms with van der Waals surface area (Å²) in [4.78, 5) is 15.8. The Kier molecular flexibility index (Phi) is 9.95. The second-order valence-corrected chi connectivity index (χ2v) is 6.87. The van der Waals surface area contributed by atoms with Crippen LogP contribution >= 0.6 is 24.0 Å². The average molecular weight is 452 g/mol. The molecule has 2 rings (SSSR count). The predicted octanol–water partition coefficient (Wildman–Crippen LogP) is 1.89. The standard InChI is InChI=1S/C17H32N4O2.HI/c1-18-16(20-11-10-19-15(22)14-5-6-14)21-13-17(9-12-23-2)7-3-4-8-17;/h14H,3-13H2,1-2H3,(H,19,22)(H2,18,20,21);1H. The van der Waals surface area contributed by atoms with Gasteiger partial charge in [0.1, 0.15) is 0 Å². The first-order valence-corrected chi connectivity index (χ1v) is 8.90. The van der Waals surface area contributed by atoms with Crippen LogP contribution in [0.2, 0.25) is 0 Å². The third-order valence-electron chi connectivity index (χ3n) is 5.02. The summed E-state index contributed by atoms with van der Waals surface area (Å²) in [6, 6.07) is 0. The number of ether oxygens (including phenoxy) is 1. The molecule has 0 aromatic carbocycles. The van der Waals surface area contributed by atoms with Gasteiger partial charge >= 0.3 is 0 Å². The maximum Gasteiger partial charge on any atom is 0.223 e. The summed E-state index contributed by atoms with van der Waals surface area (Å²) in [6.45, 7) is 3.10. The van der Waals surface area contributed by atoms with Gasteiger partial charge in [-0.15, -0.1) is 24.0 Å². The van der Waals surface area contributed by atoms with E-state index >= 15 is 0 Å². The van der Waals surface area contributed by atoms with Crippen LogP contribution in [0.3, 0.4) is 0 Å². The number of nitrogens with zero attached hydrogens (tertiary/aromatic N) is 1. The molecular formula is C17H33IN4O2. The van der Waals surface area contributed by atoms with Crippen LogP contribution in [-0.4, -0.2) is 52.3 Å². The Morgan fingerprint density at radius 1 is 1.17 bits per heavy atom. The highest BCUT2D eigenvalue weighted by atomic mass is 127. The van der Waals surface area contributed by atoms with Crippen molar-refractivity contribution in [2.75, 3.05) is 40.4 Å². The van der Waals surface area contributed by atoms with Crippen molar-refractivity contribution in [3.8, 4) is 0 Å². The lowest BCUT2D eigenvalue weighted by molar-refractivity contribution is -0.122. The van der Waals surface area contributed by atoms with Gasteiger partial charge in [0.25, 0.3) is 0 Å². The van der Waals surface area contributed by atoms with Gasteiger partial charge in [-0.2, -0.15) is 0 Å². The van der Waals surface area contributed by atoms with Crippen LogP contribution in [0, 0.1) is 11.3 Å². The van der Waals surface area contributed by atoms with E-state index in [1.807, 2.05) is 0 Å². The number of hydrogen-bond acceptors (Lipinski definition) is 3. The lowest BCUT2D eigenvalue weighted by atomic mass is 9.83. The smallest absolute Gasteiger partial charge is 0.223 e. The highest BCUT2D eigenvalue weighted by molar-refractivity contribution is 14.0. The minimum Gasteiger partial charge on any atom is -0.385 e. The minimum atomic E-state index is 0. The largest absolute Gasteiger partial charge is 0.385 e. The summed E-state index contributed by atoms with van der Waals surface area (Å²) < 4.78 is 5.27. The lowest BCUT2D eigenvalue weighted by Crippen LogP contribution is -2.45. The molecule has 0 aromatic heterocycles. The number of carbonyl (C=O) groups excluding carboxylic acids is 1. The van der Waals surface area contributed by atoms with Crippen molar-refractivity contribution in [3.63, 3.8) is 0 Å². The molecule has 3 N–H and O–H groups in total. The van der Waals surface area contributed by atoms with Crippen molar-refractivity contribution in [2.24, 2.45) is 16.3 Å². The first-order chi connectivity index (χ1) is 11.2. The topological polar surface area (TPSA) is 74.8 Å². The van der Waals surface area contributed by atoms with Crippen LogP contribution in [0.4, 0.5) is 0 Å². The van der Waals surface area contributed by atoms with Crippen molar-refractivity contribution in [1.82, 2.24) is 16.0 Å². The van der Waals surface area contributed by atoms with Gasteiger partial charge in [0.15, 0.2) is 5.96 Å². The van der Waals surface area contributed by atoms with Crippen molar-refractivity contribution < 1.29 is 9.53 Å².